The molecule has 1 aromatic carbocycles. The molecule has 0 aromatic heterocycles. The highest BCUT2D eigenvalue weighted by atomic mass is 79.9. The number of hydrogen-bond donors (Lipinski definition) is 0. The van der Waals surface area contributed by atoms with Gasteiger partial charge in [-0.05, 0) is 54.8 Å². The van der Waals surface area contributed by atoms with Gasteiger partial charge in [-0.1, -0.05) is 6.08 Å². The van der Waals surface area contributed by atoms with E-state index in [9.17, 15) is 13.6 Å². The lowest BCUT2D eigenvalue weighted by molar-refractivity contribution is 0.0270. The third kappa shape index (κ3) is 4.06. The molecule has 0 saturated carbocycles. The summed E-state index contributed by atoms with van der Waals surface area (Å²) in [6.07, 6.45) is 1.88. The highest BCUT2D eigenvalue weighted by molar-refractivity contribution is 9.10. The van der Waals surface area contributed by atoms with Crippen LogP contribution in [0, 0.1) is 11.6 Å². The van der Waals surface area contributed by atoms with E-state index in [-0.39, 0.29) is 10.6 Å². The molecule has 6 heteroatoms. The number of carbonyl (C=O) groups is 1. The average molecular weight is 374 g/mol. The number of carbonyl (C=O) groups excluding carboxylic acids is 1. The zero-order chi connectivity index (χ0) is 16.5. The minimum atomic E-state index is -0.631. The number of amides is 1. The van der Waals surface area contributed by atoms with Gasteiger partial charge in [0, 0.05) is 24.7 Å². The topological polar surface area (TPSA) is 29.5 Å². The van der Waals surface area contributed by atoms with E-state index in [0.717, 1.165) is 11.6 Å². The molecule has 0 fully saturated rings. The zero-order valence-corrected chi connectivity index (χ0v) is 14.3. The van der Waals surface area contributed by atoms with Gasteiger partial charge in [0.15, 0.2) is 0 Å². The lowest BCUT2D eigenvalue weighted by Gasteiger charge is -2.29. The predicted molar refractivity (Wildman–Crippen MR) is 84.5 cm³/mol. The van der Waals surface area contributed by atoms with Crippen molar-refractivity contribution in [1.82, 2.24) is 4.90 Å². The van der Waals surface area contributed by atoms with Gasteiger partial charge in [-0.15, -0.1) is 0 Å². The van der Waals surface area contributed by atoms with Crippen molar-refractivity contribution in [3.05, 3.63) is 39.9 Å². The summed E-state index contributed by atoms with van der Waals surface area (Å²) in [6.45, 7) is 6.21. The molecule has 0 bridgehead atoms. The van der Waals surface area contributed by atoms with Crippen LogP contribution in [0.25, 0.3) is 5.57 Å². The molecule has 0 spiro atoms. The van der Waals surface area contributed by atoms with Crippen molar-refractivity contribution in [3.8, 4) is 0 Å². The van der Waals surface area contributed by atoms with E-state index in [4.69, 9.17) is 4.74 Å². The highest BCUT2D eigenvalue weighted by Gasteiger charge is 2.24. The second-order valence-electron chi connectivity index (χ2n) is 6.15. The van der Waals surface area contributed by atoms with Gasteiger partial charge in [-0.25, -0.2) is 13.6 Å². The lowest BCUT2D eigenvalue weighted by atomic mass is 9.99. The van der Waals surface area contributed by atoms with Crippen LogP contribution in [0.4, 0.5) is 13.6 Å². The van der Waals surface area contributed by atoms with Crippen molar-refractivity contribution < 1.29 is 18.3 Å². The van der Waals surface area contributed by atoms with Crippen LogP contribution in [0.3, 0.4) is 0 Å². The van der Waals surface area contributed by atoms with E-state index in [2.05, 4.69) is 15.9 Å². The molecule has 2 rings (SSSR count). The normalized spacial score (nSPS) is 15.5. The maximum absolute atomic E-state index is 13.9. The Morgan fingerprint density at radius 1 is 1.27 bits per heavy atom. The Morgan fingerprint density at radius 3 is 2.50 bits per heavy atom. The molecule has 0 aliphatic carbocycles. The van der Waals surface area contributed by atoms with Gasteiger partial charge in [0.25, 0.3) is 0 Å². The zero-order valence-electron chi connectivity index (χ0n) is 12.8. The van der Waals surface area contributed by atoms with E-state index in [0.29, 0.717) is 25.1 Å². The summed E-state index contributed by atoms with van der Waals surface area (Å²) in [5.41, 5.74) is 0.574. The summed E-state index contributed by atoms with van der Waals surface area (Å²) in [5.74, 6) is -1.23. The highest BCUT2D eigenvalue weighted by Crippen LogP contribution is 2.29. The summed E-state index contributed by atoms with van der Waals surface area (Å²) in [4.78, 5) is 13.5. The monoisotopic (exact) mass is 373 g/mol. The second kappa shape index (κ2) is 6.36. The van der Waals surface area contributed by atoms with Crippen molar-refractivity contribution >= 4 is 27.6 Å². The van der Waals surface area contributed by atoms with Crippen molar-refractivity contribution in [2.45, 2.75) is 32.8 Å². The van der Waals surface area contributed by atoms with Gasteiger partial charge >= 0.3 is 6.09 Å². The van der Waals surface area contributed by atoms with Crippen molar-refractivity contribution in [3.63, 3.8) is 0 Å². The molecule has 1 amide bonds. The average Bonchev–Trinajstić information content (AvgIpc) is 2.41. The predicted octanol–water partition coefficient (Wildman–Crippen LogP) is 4.75. The molecule has 0 radical (unpaired) electrons. The van der Waals surface area contributed by atoms with E-state index in [1.807, 2.05) is 20.8 Å². The van der Waals surface area contributed by atoms with Gasteiger partial charge in [-0.3, -0.25) is 0 Å². The number of rotatable bonds is 1. The first-order valence-corrected chi connectivity index (χ1v) is 7.78. The Kier molecular flexibility index (Phi) is 4.90. The van der Waals surface area contributed by atoms with Crippen molar-refractivity contribution in [2.75, 3.05) is 13.1 Å². The van der Waals surface area contributed by atoms with E-state index in [1.165, 1.54) is 6.07 Å². The van der Waals surface area contributed by atoms with Crippen LogP contribution in [0.5, 0.6) is 0 Å². The van der Waals surface area contributed by atoms with Gasteiger partial charge < -0.3 is 9.64 Å². The Labute approximate surface area is 137 Å². The smallest absolute Gasteiger partial charge is 0.410 e. The Bertz CT molecular complexity index is 623. The minimum Gasteiger partial charge on any atom is -0.444 e. The third-order valence-electron chi connectivity index (χ3n) is 3.22. The summed E-state index contributed by atoms with van der Waals surface area (Å²) in [7, 11) is 0. The maximum Gasteiger partial charge on any atom is 0.410 e. The third-order valence-corrected chi connectivity index (χ3v) is 3.82. The van der Waals surface area contributed by atoms with Crippen molar-refractivity contribution in [2.24, 2.45) is 0 Å². The molecular formula is C16H18BrF2NO2. The van der Waals surface area contributed by atoms with Crippen LogP contribution in [0.2, 0.25) is 0 Å². The van der Waals surface area contributed by atoms with Crippen molar-refractivity contribution in [1.29, 1.82) is 0 Å². The van der Waals surface area contributed by atoms with Crippen LogP contribution in [-0.2, 0) is 4.74 Å². The van der Waals surface area contributed by atoms with Gasteiger partial charge in [0.1, 0.15) is 17.2 Å². The molecule has 0 N–H and O–H groups in total. The molecule has 0 atom stereocenters. The lowest BCUT2D eigenvalue weighted by Crippen LogP contribution is -2.39. The van der Waals surface area contributed by atoms with E-state index >= 15 is 0 Å². The number of halogens is 3. The van der Waals surface area contributed by atoms with Crippen LogP contribution >= 0.6 is 15.9 Å². The number of ether oxygens (including phenoxy) is 1. The number of nitrogens with zero attached hydrogens (tertiary/aromatic N) is 1. The SMILES string of the molecule is CC(C)(C)OC(=O)N1CC=C(c2cc(Br)c(F)cc2F)CC1. The fourth-order valence-corrected chi connectivity index (χ4v) is 2.52. The van der Waals surface area contributed by atoms with E-state index in [1.54, 1.807) is 11.0 Å². The van der Waals surface area contributed by atoms with Crippen LogP contribution in [-0.4, -0.2) is 29.7 Å². The molecule has 120 valence electrons. The van der Waals surface area contributed by atoms with E-state index < -0.39 is 17.2 Å². The summed E-state index contributed by atoms with van der Waals surface area (Å²) >= 11 is 3.06. The first-order chi connectivity index (χ1) is 10.2. The van der Waals surface area contributed by atoms with Crippen LogP contribution in [0.15, 0.2) is 22.7 Å². The Hall–Kier alpha value is -1.43. The second-order valence-corrected chi connectivity index (χ2v) is 7.01. The molecule has 1 aliphatic rings. The fraction of sp³-hybridized carbons (Fsp3) is 0.438. The number of benzene rings is 1. The van der Waals surface area contributed by atoms with Crippen LogP contribution in [0.1, 0.15) is 32.8 Å². The molecule has 0 unspecified atom stereocenters. The molecule has 22 heavy (non-hydrogen) atoms. The Morgan fingerprint density at radius 2 is 1.95 bits per heavy atom. The van der Waals surface area contributed by atoms with Crippen LogP contribution < -0.4 is 0 Å². The first kappa shape index (κ1) is 16.9. The standard InChI is InChI=1S/C16H18BrF2NO2/c1-16(2,3)22-15(21)20-6-4-10(5-7-20)11-8-12(17)14(19)9-13(11)18/h4,8-9H,5-7H2,1-3H3. The minimum absolute atomic E-state index is 0.222. The fourth-order valence-electron chi connectivity index (χ4n) is 2.17. The Balaban J connectivity index is 2.12. The molecule has 1 aliphatic heterocycles. The molecule has 1 heterocycles. The first-order valence-electron chi connectivity index (χ1n) is 6.99. The summed E-state index contributed by atoms with van der Waals surface area (Å²) in [6, 6.07) is 2.29. The molecule has 0 saturated heterocycles. The number of hydrogen-bond acceptors (Lipinski definition) is 2. The molecule has 3 nitrogen and oxygen atoms in total. The van der Waals surface area contributed by atoms with Gasteiger partial charge in [0.05, 0.1) is 4.47 Å². The maximum atomic E-state index is 13.9. The quantitative estimate of drug-likeness (QED) is 0.664. The largest absolute Gasteiger partial charge is 0.444 e. The summed E-state index contributed by atoms with van der Waals surface area (Å²) in [5, 5.41) is 0. The van der Waals surface area contributed by atoms with Gasteiger partial charge in [0.2, 0.25) is 0 Å². The molecular weight excluding hydrogens is 356 g/mol. The summed E-state index contributed by atoms with van der Waals surface area (Å²) < 4.78 is 32.7. The molecule has 1 aromatic rings. The van der Waals surface area contributed by atoms with Gasteiger partial charge in [-0.2, -0.15) is 0 Å².